The lowest BCUT2D eigenvalue weighted by Crippen LogP contribution is -2.39. The Morgan fingerprint density at radius 1 is 1.33 bits per heavy atom. The van der Waals surface area contributed by atoms with Crippen LogP contribution < -0.4 is 5.32 Å². The number of carbonyl (C=O) groups excluding carboxylic acids is 1. The van der Waals surface area contributed by atoms with E-state index in [2.05, 4.69) is 20.0 Å². The Kier molecular flexibility index (Phi) is 5.14. The molecule has 1 aromatic heterocycles. The van der Waals surface area contributed by atoms with Gasteiger partial charge in [-0.15, -0.1) is 0 Å². The molecule has 2 rings (SSSR count). The van der Waals surface area contributed by atoms with Crippen molar-refractivity contribution in [3.63, 3.8) is 0 Å². The highest BCUT2D eigenvalue weighted by atomic mass is 16.5. The minimum Gasteiger partial charge on any atom is -0.343 e. The zero-order valence-electron chi connectivity index (χ0n) is 10.6. The van der Waals surface area contributed by atoms with Crippen molar-refractivity contribution in [2.24, 2.45) is 0 Å². The lowest BCUT2D eigenvalue weighted by molar-refractivity contribution is -0.130. The minimum absolute atomic E-state index is 0.199. The first-order valence-electron chi connectivity index (χ1n) is 6.60. The van der Waals surface area contributed by atoms with E-state index in [9.17, 15) is 4.79 Å². The number of likely N-dealkylation sites (tertiary alicyclic amines) is 1. The monoisotopic (exact) mass is 252 g/mol. The number of rotatable bonds is 5. The summed E-state index contributed by atoms with van der Waals surface area (Å²) < 4.78 is 4.64. The maximum Gasteiger partial charge on any atom is 0.236 e. The molecule has 0 spiro atoms. The molecule has 1 amide bonds. The number of nitrogens with zero attached hydrogens (tertiary/aromatic N) is 3. The van der Waals surface area contributed by atoms with Gasteiger partial charge in [-0.3, -0.25) is 4.79 Å². The SMILES string of the molecule is O=C(CNCCc1ncon1)N1CCCCCC1. The van der Waals surface area contributed by atoms with E-state index in [-0.39, 0.29) is 5.91 Å². The molecule has 1 aromatic rings. The molecule has 100 valence electrons. The van der Waals surface area contributed by atoms with Crippen LogP contribution in [-0.2, 0) is 11.2 Å². The molecule has 1 N–H and O–H groups in total. The summed E-state index contributed by atoms with van der Waals surface area (Å²) in [5, 5.41) is 6.84. The van der Waals surface area contributed by atoms with Gasteiger partial charge in [0.25, 0.3) is 0 Å². The van der Waals surface area contributed by atoms with Gasteiger partial charge in [-0.25, -0.2) is 0 Å². The molecule has 1 aliphatic rings. The van der Waals surface area contributed by atoms with Gasteiger partial charge in [0, 0.05) is 26.1 Å². The fourth-order valence-corrected chi connectivity index (χ4v) is 2.13. The molecule has 0 bridgehead atoms. The van der Waals surface area contributed by atoms with Crippen LogP contribution in [0.1, 0.15) is 31.5 Å². The largest absolute Gasteiger partial charge is 0.343 e. The summed E-state index contributed by atoms with van der Waals surface area (Å²) in [5.41, 5.74) is 0. The molecule has 1 saturated heterocycles. The van der Waals surface area contributed by atoms with E-state index in [1.807, 2.05) is 4.90 Å². The first-order chi connectivity index (χ1) is 8.86. The standard InChI is InChI=1S/C12H20N4O2/c17-12(16-7-3-1-2-4-8-16)9-13-6-5-11-14-10-18-15-11/h10,13H,1-9H2. The summed E-state index contributed by atoms with van der Waals surface area (Å²) in [6.07, 6.45) is 6.76. The predicted octanol–water partition coefficient (Wildman–Crippen LogP) is 0.604. The lowest BCUT2D eigenvalue weighted by atomic mass is 10.2. The maximum atomic E-state index is 11.9. The van der Waals surface area contributed by atoms with E-state index in [0.29, 0.717) is 25.3 Å². The highest BCUT2D eigenvalue weighted by Crippen LogP contribution is 2.09. The van der Waals surface area contributed by atoms with Gasteiger partial charge in [0.2, 0.25) is 12.3 Å². The van der Waals surface area contributed by atoms with Gasteiger partial charge in [-0.05, 0) is 12.8 Å². The van der Waals surface area contributed by atoms with E-state index in [0.717, 1.165) is 25.9 Å². The quantitative estimate of drug-likeness (QED) is 0.777. The van der Waals surface area contributed by atoms with Gasteiger partial charge in [-0.1, -0.05) is 18.0 Å². The molecule has 1 aliphatic heterocycles. The van der Waals surface area contributed by atoms with Crippen LogP contribution in [0.2, 0.25) is 0 Å². The van der Waals surface area contributed by atoms with Crippen molar-refractivity contribution in [1.82, 2.24) is 20.4 Å². The topological polar surface area (TPSA) is 71.3 Å². The van der Waals surface area contributed by atoms with E-state index in [1.54, 1.807) is 0 Å². The second-order valence-electron chi connectivity index (χ2n) is 4.57. The van der Waals surface area contributed by atoms with Crippen LogP contribution in [-0.4, -0.2) is 47.1 Å². The summed E-state index contributed by atoms with van der Waals surface area (Å²) in [5.74, 6) is 0.870. The zero-order valence-corrected chi connectivity index (χ0v) is 10.6. The van der Waals surface area contributed by atoms with Crippen molar-refractivity contribution in [1.29, 1.82) is 0 Å². The number of carbonyl (C=O) groups is 1. The second-order valence-corrected chi connectivity index (χ2v) is 4.57. The van der Waals surface area contributed by atoms with Crippen LogP contribution >= 0.6 is 0 Å². The van der Waals surface area contributed by atoms with Crippen LogP contribution in [0, 0.1) is 0 Å². The average molecular weight is 252 g/mol. The van der Waals surface area contributed by atoms with Crippen molar-refractivity contribution < 1.29 is 9.32 Å². The van der Waals surface area contributed by atoms with Gasteiger partial charge in [0.05, 0.1) is 6.54 Å². The predicted molar refractivity (Wildman–Crippen MR) is 65.9 cm³/mol. The molecule has 1 fully saturated rings. The molecule has 0 saturated carbocycles. The van der Waals surface area contributed by atoms with Crippen LogP contribution in [0.25, 0.3) is 0 Å². The Labute approximate surface area is 107 Å². The van der Waals surface area contributed by atoms with Crippen LogP contribution in [0.15, 0.2) is 10.9 Å². The second kappa shape index (κ2) is 7.10. The third-order valence-corrected chi connectivity index (χ3v) is 3.17. The number of hydrogen-bond acceptors (Lipinski definition) is 5. The molecule has 0 aromatic carbocycles. The van der Waals surface area contributed by atoms with E-state index < -0.39 is 0 Å². The molecule has 6 nitrogen and oxygen atoms in total. The van der Waals surface area contributed by atoms with Gasteiger partial charge in [0.15, 0.2) is 5.82 Å². The molecular weight excluding hydrogens is 232 g/mol. The summed E-state index contributed by atoms with van der Waals surface area (Å²) in [6, 6.07) is 0. The molecular formula is C12H20N4O2. The number of aromatic nitrogens is 2. The van der Waals surface area contributed by atoms with E-state index in [4.69, 9.17) is 0 Å². The summed E-state index contributed by atoms with van der Waals surface area (Å²) in [4.78, 5) is 17.8. The smallest absolute Gasteiger partial charge is 0.236 e. The Morgan fingerprint density at radius 2 is 2.11 bits per heavy atom. The van der Waals surface area contributed by atoms with Gasteiger partial charge >= 0.3 is 0 Å². The lowest BCUT2D eigenvalue weighted by Gasteiger charge is -2.20. The fraction of sp³-hybridized carbons (Fsp3) is 0.750. The third-order valence-electron chi connectivity index (χ3n) is 3.17. The van der Waals surface area contributed by atoms with Crippen molar-refractivity contribution in [3.8, 4) is 0 Å². The number of nitrogens with one attached hydrogen (secondary N) is 1. The van der Waals surface area contributed by atoms with Gasteiger partial charge in [-0.2, -0.15) is 4.98 Å². The van der Waals surface area contributed by atoms with E-state index in [1.165, 1.54) is 19.2 Å². The molecule has 0 aliphatic carbocycles. The molecule has 0 radical (unpaired) electrons. The first-order valence-corrected chi connectivity index (χ1v) is 6.60. The Morgan fingerprint density at radius 3 is 2.78 bits per heavy atom. The minimum atomic E-state index is 0.199. The Bertz CT molecular complexity index is 345. The average Bonchev–Trinajstić information content (AvgIpc) is 2.74. The summed E-state index contributed by atoms with van der Waals surface area (Å²) >= 11 is 0. The molecule has 0 unspecified atom stereocenters. The number of hydrogen-bond donors (Lipinski definition) is 1. The van der Waals surface area contributed by atoms with E-state index >= 15 is 0 Å². The maximum absolute atomic E-state index is 11.9. The molecule has 6 heteroatoms. The Hall–Kier alpha value is -1.43. The number of amides is 1. The Balaban J connectivity index is 1.61. The highest BCUT2D eigenvalue weighted by molar-refractivity contribution is 5.78. The summed E-state index contributed by atoms with van der Waals surface area (Å²) in [7, 11) is 0. The molecule has 0 atom stereocenters. The summed E-state index contributed by atoms with van der Waals surface area (Å²) in [6.45, 7) is 2.91. The first kappa shape index (κ1) is 13.0. The molecule has 2 heterocycles. The van der Waals surface area contributed by atoms with Crippen molar-refractivity contribution in [3.05, 3.63) is 12.2 Å². The van der Waals surface area contributed by atoms with Gasteiger partial charge < -0.3 is 14.7 Å². The zero-order chi connectivity index (χ0) is 12.6. The highest BCUT2D eigenvalue weighted by Gasteiger charge is 2.14. The van der Waals surface area contributed by atoms with Crippen molar-refractivity contribution in [2.45, 2.75) is 32.1 Å². The van der Waals surface area contributed by atoms with Crippen molar-refractivity contribution >= 4 is 5.91 Å². The third kappa shape index (κ3) is 4.10. The van der Waals surface area contributed by atoms with Crippen molar-refractivity contribution in [2.75, 3.05) is 26.2 Å². The van der Waals surface area contributed by atoms with Crippen LogP contribution in [0.5, 0.6) is 0 Å². The van der Waals surface area contributed by atoms with Crippen LogP contribution in [0.3, 0.4) is 0 Å². The van der Waals surface area contributed by atoms with Gasteiger partial charge in [0.1, 0.15) is 0 Å². The fourth-order valence-electron chi connectivity index (χ4n) is 2.13. The van der Waals surface area contributed by atoms with Crippen LogP contribution in [0.4, 0.5) is 0 Å². The normalized spacial score (nSPS) is 16.6. The molecule has 18 heavy (non-hydrogen) atoms.